The highest BCUT2D eigenvalue weighted by Gasteiger charge is 2.19. The van der Waals surface area contributed by atoms with Gasteiger partial charge in [-0.1, -0.05) is 30.3 Å². The molecule has 6 heteroatoms. The van der Waals surface area contributed by atoms with Crippen molar-refractivity contribution in [1.82, 2.24) is 14.9 Å². The van der Waals surface area contributed by atoms with Gasteiger partial charge in [0.05, 0.1) is 18.1 Å². The summed E-state index contributed by atoms with van der Waals surface area (Å²) in [4.78, 5) is 21.6. The number of anilines is 1. The second kappa shape index (κ2) is 9.83. The first-order valence-electron chi connectivity index (χ1n) is 9.45. The van der Waals surface area contributed by atoms with Crippen LogP contribution in [0.3, 0.4) is 0 Å². The Balaban J connectivity index is 1.44. The van der Waals surface area contributed by atoms with Crippen molar-refractivity contribution < 1.29 is 9.90 Å². The van der Waals surface area contributed by atoms with Gasteiger partial charge in [0.1, 0.15) is 5.82 Å². The maximum atomic E-state index is 10.5. The van der Waals surface area contributed by atoms with Crippen LogP contribution >= 0.6 is 0 Å². The average Bonchev–Trinajstić information content (AvgIpc) is 2.69. The topological polar surface area (TPSA) is 78.3 Å². The minimum Gasteiger partial charge on any atom is -0.478 e. The van der Waals surface area contributed by atoms with Gasteiger partial charge >= 0.3 is 5.97 Å². The molecule has 1 aliphatic rings. The molecule has 1 aromatic heterocycles. The minimum absolute atomic E-state index is 0.366. The number of carboxylic acid groups (broad SMARTS) is 1. The summed E-state index contributed by atoms with van der Waals surface area (Å²) in [7, 11) is 0. The third-order valence-electron chi connectivity index (χ3n) is 4.71. The van der Waals surface area contributed by atoms with E-state index in [2.05, 4.69) is 50.5 Å². The van der Waals surface area contributed by atoms with Crippen LogP contribution in [-0.2, 0) is 11.2 Å². The van der Waals surface area contributed by atoms with Crippen LogP contribution in [0, 0.1) is 0 Å². The highest BCUT2D eigenvalue weighted by Crippen LogP contribution is 2.15. The first-order valence-corrected chi connectivity index (χ1v) is 9.45. The van der Waals surface area contributed by atoms with Crippen LogP contribution in [0.2, 0.25) is 0 Å². The van der Waals surface area contributed by atoms with Crippen LogP contribution < -0.4 is 5.32 Å². The molecule has 0 aliphatic carbocycles. The number of hydrogen-bond acceptors (Lipinski definition) is 5. The maximum Gasteiger partial charge on any atom is 0.328 e. The normalized spacial score (nSPS) is 17.9. The number of piperidine rings is 1. The molecule has 0 spiro atoms. The van der Waals surface area contributed by atoms with Gasteiger partial charge in [0.15, 0.2) is 0 Å². The van der Waals surface area contributed by atoms with E-state index in [9.17, 15) is 4.79 Å². The van der Waals surface area contributed by atoms with Gasteiger partial charge in [-0.3, -0.25) is 4.98 Å². The number of likely N-dealkylation sites (tertiary alicyclic amines) is 1. The molecule has 0 radical (unpaired) electrons. The monoisotopic (exact) mass is 366 g/mol. The first kappa shape index (κ1) is 19.0. The van der Waals surface area contributed by atoms with Gasteiger partial charge in [-0.2, -0.15) is 0 Å². The van der Waals surface area contributed by atoms with Gasteiger partial charge in [0, 0.05) is 18.7 Å². The largest absolute Gasteiger partial charge is 0.478 e. The predicted molar refractivity (Wildman–Crippen MR) is 107 cm³/mol. The van der Waals surface area contributed by atoms with Gasteiger partial charge < -0.3 is 15.3 Å². The Morgan fingerprint density at radius 2 is 2.11 bits per heavy atom. The number of nitrogens with zero attached hydrogens (tertiary/aromatic N) is 3. The van der Waals surface area contributed by atoms with E-state index in [0.29, 0.717) is 11.7 Å². The van der Waals surface area contributed by atoms with Crippen molar-refractivity contribution in [3.8, 4) is 0 Å². The molecule has 0 amide bonds. The molecule has 0 bridgehead atoms. The Bertz CT molecular complexity index is 747. The fourth-order valence-electron chi connectivity index (χ4n) is 3.39. The summed E-state index contributed by atoms with van der Waals surface area (Å²) in [6, 6.07) is 11.0. The van der Waals surface area contributed by atoms with Crippen LogP contribution in [0.25, 0.3) is 6.08 Å². The van der Waals surface area contributed by atoms with Crippen LogP contribution in [0.5, 0.6) is 0 Å². The van der Waals surface area contributed by atoms with Crippen molar-refractivity contribution in [2.75, 3.05) is 25.0 Å². The molecule has 1 aliphatic heterocycles. The summed E-state index contributed by atoms with van der Waals surface area (Å²) in [6.45, 7) is 3.27. The number of carbonyl (C=O) groups is 1. The van der Waals surface area contributed by atoms with E-state index in [0.717, 1.165) is 44.4 Å². The van der Waals surface area contributed by atoms with E-state index in [1.54, 1.807) is 12.4 Å². The first-order chi connectivity index (χ1) is 13.2. The van der Waals surface area contributed by atoms with E-state index in [1.807, 2.05) is 0 Å². The summed E-state index contributed by atoms with van der Waals surface area (Å²) in [5.74, 6) is -0.257. The molecule has 1 aromatic carbocycles. The van der Waals surface area contributed by atoms with Gasteiger partial charge in [0.25, 0.3) is 0 Å². The summed E-state index contributed by atoms with van der Waals surface area (Å²) < 4.78 is 0. The van der Waals surface area contributed by atoms with Crippen molar-refractivity contribution in [3.05, 3.63) is 60.1 Å². The lowest BCUT2D eigenvalue weighted by molar-refractivity contribution is -0.131. The summed E-state index contributed by atoms with van der Waals surface area (Å²) in [5, 5.41) is 12.1. The average molecular weight is 366 g/mol. The molecule has 0 saturated carbocycles. The molecular formula is C21H26N4O2. The molecular weight excluding hydrogens is 340 g/mol. The van der Waals surface area contributed by atoms with Crippen LogP contribution in [0.15, 0.2) is 48.8 Å². The second-order valence-corrected chi connectivity index (χ2v) is 6.87. The standard InChI is InChI=1S/C21H26N4O2/c26-21(27)11-10-18-14-23-20(15-22-18)24-19-9-5-13-25(16-19)12-4-8-17-6-2-1-3-7-17/h1-3,6-7,10-11,14-15,19H,4-5,8-9,12-13,16H2,(H,23,24)(H,26,27)/b11-10+/t19-/m1/s1. The zero-order chi connectivity index (χ0) is 18.9. The third-order valence-corrected chi connectivity index (χ3v) is 4.71. The smallest absolute Gasteiger partial charge is 0.328 e. The third kappa shape index (κ3) is 6.49. The lowest BCUT2D eigenvalue weighted by Gasteiger charge is -2.33. The quantitative estimate of drug-likeness (QED) is 0.699. The van der Waals surface area contributed by atoms with E-state index in [-0.39, 0.29) is 0 Å². The number of benzene rings is 1. The molecule has 1 fully saturated rings. The number of carboxylic acids is 1. The van der Waals surface area contributed by atoms with E-state index < -0.39 is 5.97 Å². The molecule has 1 saturated heterocycles. The Morgan fingerprint density at radius 3 is 2.85 bits per heavy atom. The van der Waals surface area contributed by atoms with Crippen LogP contribution in [0.1, 0.15) is 30.5 Å². The Morgan fingerprint density at radius 1 is 1.26 bits per heavy atom. The van der Waals surface area contributed by atoms with E-state index in [4.69, 9.17) is 5.11 Å². The van der Waals surface area contributed by atoms with E-state index >= 15 is 0 Å². The molecule has 6 nitrogen and oxygen atoms in total. The van der Waals surface area contributed by atoms with Crippen molar-refractivity contribution in [1.29, 1.82) is 0 Å². The number of rotatable bonds is 8. The summed E-state index contributed by atoms with van der Waals surface area (Å²) >= 11 is 0. The summed E-state index contributed by atoms with van der Waals surface area (Å²) in [6.07, 6.45) is 10.3. The predicted octanol–water partition coefficient (Wildman–Crippen LogP) is 3.08. The Kier molecular flexibility index (Phi) is 6.93. The SMILES string of the molecule is O=C(O)/C=C/c1cnc(N[C@@H]2CCCN(CCCc3ccccc3)C2)cn1. The van der Waals surface area contributed by atoms with Gasteiger partial charge in [-0.05, 0) is 50.4 Å². The fraction of sp³-hybridized carbons (Fsp3) is 0.381. The Labute approximate surface area is 160 Å². The number of nitrogens with one attached hydrogen (secondary N) is 1. The van der Waals surface area contributed by atoms with Crippen molar-refractivity contribution in [2.24, 2.45) is 0 Å². The maximum absolute atomic E-state index is 10.5. The Hall–Kier alpha value is -2.73. The zero-order valence-electron chi connectivity index (χ0n) is 15.4. The second-order valence-electron chi connectivity index (χ2n) is 6.87. The number of hydrogen-bond donors (Lipinski definition) is 2. The molecule has 27 heavy (non-hydrogen) atoms. The highest BCUT2D eigenvalue weighted by molar-refractivity contribution is 5.84. The molecule has 1 atom stereocenters. The molecule has 0 unspecified atom stereocenters. The number of aliphatic carboxylic acids is 1. The minimum atomic E-state index is -0.992. The molecule has 142 valence electrons. The fourth-order valence-corrected chi connectivity index (χ4v) is 3.39. The molecule has 3 rings (SSSR count). The highest BCUT2D eigenvalue weighted by atomic mass is 16.4. The molecule has 2 heterocycles. The van der Waals surface area contributed by atoms with Crippen molar-refractivity contribution in [3.63, 3.8) is 0 Å². The lowest BCUT2D eigenvalue weighted by atomic mass is 10.0. The van der Waals surface area contributed by atoms with Crippen LogP contribution in [-0.4, -0.2) is 51.6 Å². The zero-order valence-corrected chi connectivity index (χ0v) is 15.4. The van der Waals surface area contributed by atoms with Gasteiger partial charge in [-0.25, -0.2) is 9.78 Å². The van der Waals surface area contributed by atoms with Gasteiger partial charge in [0.2, 0.25) is 0 Å². The summed E-state index contributed by atoms with van der Waals surface area (Å²) in [5.41, 5.74) is 1.94. The number of aryl methyl sites for hydroxylation is 1. The lowest BCUT2D eigenvalue weighted by Crippen LogP contribution is -2.42. The molecule has 2 N–H and O–H groups in total. The van der Waals surface area contributed by atoms with Gasteiger partial charge in [-0.15, -0.1) is 0 Å². The van der Waals surface area contributed by atoms with Crippen molar-refractivity contribution >= 4 is 17.9 Å². The number of aromatic nitrogens is 2. The van der Waals surface area contributed by atoms with E-state index in [1.165, 1.54) is 24.5 Å². The van der Waals surface area contributed by atoms with Crippen molar-refractivity contribution in [2.45, 2.75) is 31.7 Å². The molecule has 2 aromatic rings. The van der Waals surface area contributed by atoms with Crippen LogP contribution in [0.4, 0.5) is 5.82 Å².